The molecule has 0 fully saturated rings. The highest BCUT2D eigenvalue weighted by Gasteiger charge is 2.10. The molecular weight excluding hydrogens is 258 g/mol. The zero-order valence-corrected chi connectivity index (χ0v) is 11.2. The maximum atomic E-state index is 11.9. The Hall–Kier alpha value is -2.34. The Balaban J connectivity index is 2.26. The molecule has 3 N–H and O–H groups in total. The molecule has 1 heterocycles. The molecule has 1 aromatic carbocycles. The molecule has 0 bridgehead atoms. The highest BCUT2D eigenvalue weighted by atomic mass is 16.4. The first-order valence-electron chi connectivity index (χ1n) is 6.30. The third-order valence-electron chi connectivity index (χ3n) is 3.19. The van der Waals surface area contributed by atoms with E-state index in [1.807, 2.05) is 24.3 Å². The van der Waals surface area contributed by atoms with E-state index < -0.39 is 5.97 Å². The van der Waals surface area contributed by atoms with E-state index in [0.29, 0.717) is 6.42 Å². The molecule has 0 radical (unpaired) electrons. The van der Waals surface area contributed by atoms with Crippen LogP contribution in [-0.4, -0.2) is 20.2 Å². The van der Waals surface area contributed by atoms with Gasteiger partial charge < -0.3 is 15.4 Å². The highest BCUT2D eigenvalue weighted by Crippen LogP contribution is 2.18. The Morgan fingerprint density at radius 3 is 2.75 bits per heavy atom. The van der Waals surface area contributed by atoms with Gasteiger partial charge in [0, 0.05) is 31.9 Å². The Kier molecular flexibility index (Phi) is 4.05. The van der Waals surface area contributed by atoms with Crippen LogP contribution in [0.25, 0.3) is 5.69 Å². The first kappa shape index (κ1) is 14.1. The second-order valence-electron chi connectivity index (χ2n) is 4.70. The van der Waals surface area contributed by atoms with E-state index >= 15 is 0 Å². The van der Waals surface area contributed by atoms with E-state index in [9.17, 15) is 9.59 Å². The predicted molar refractivity (Wildman–Crippen MR) is 74.8 cm³/mol. The normalized spacial score (nSPS) is 12.3. The standard InChI is InChI=1S/C14H17N3O3/c1-16-7-8-17(14(16)20)11-4-2-3-10(9-11)12(15)5-6-13(18)19/h2-4,7-9,12H,5-6,15H2,1H3,(H,18,19). The van der Waals surface area contributed by atoms with E-state index in [4.69, 9.17) is 10.8 Å². The number of aliphatic carboxylic acids is 1. The maximum absolute atomic E-state index is 11.9. The minimum absolute atomic E-state index is 0.0245. The van der Waals surface area contributed by atoms with E-state index in [0.717, 1.165) is 11.3 Å². The lowest BCUT2D eigenvalue weighted by Crippen LogP contribution is -2.20. The SMILES string of the molecule is Cn1ccn(-c2cccc(C(N)CCC(=O)O)c2)c1=O. The molecule has 1 aromatic heterocycles. The molecule has 0 amide bonds. The minimum Gasteiger partial charge on any atom is -0.481 e. The summed E-state index contributed by atoms with van der Waals surface area (Å²) in [5.74, 6) is -0.865. The van der Waals surface area contributed by atoms with Gasteiger partial charge in [-0.15, -0.1) is 0 Å². The quantitative estimate of drug-likeness (QED) is 0.853. The van der Waals surface area contributed by atoms with Crippen molar-refractivity contribution >= 4 is 5.97 Å². The third kappa shape index (κ3) is 2.97. The molecular formula is C14H17N3O3. The van der Waals surface area contributed by atoms with E-state index in [1.165, 1.54) is 9.13 Å². The van der Waals surface area contributed by atoms with Crippen molar-refractivity contribution in [3.8, 4) is 5.69 Å². The van der Waals surface area contributed by atoms with Gasteiger partial charge in [-0.25, -0.2) is 4.79 Å². The number of hydrogen-bond acceptors (Lipinski definition) is 3. The van der Waals surface area contributed by atoms with Gasteiger partial charge in [-0.1, -0.05) is 12.1 Å². The van der Waals surface area contributed by atoms with Gasteiger partial charge in [0.05, 0.1) is 5.69 Å². The summed E-state index contributed by atoms with van der Waals surface area (Å²) in [6.07, 6.45) is 3.75. The van der Waals surface area contributed by atoms with Crippen molar-refractivity contribution in [3.05, 3.63) is 52.7 Å². The number of benzene rings is 1. The van der Waals surface area contributed by atoms with Crippen molar-refractivity contribution in [1.29, 1.82) is 0 Å². The summed E-state index contributed by atoms with van der Waals surface area (Å²) in [5, 5.41) is 8.68. The molecule has 1 unspecified atom stereocenters. The van der Waals surface area contributed by atoms with Crippen molar-refractivity contribution in [2.75, 3.05) is 0 Å². The molecule has 0 aliphatic rings. The van der Waals surface area contributed by atoms with Crippen LogP contribution in [0.4, 0.5) is 0 Å². The highest BCUT2D eigenvalue weighted by molar-refractivity contribution is 5.66. The molecule has 0 aliphatic carbocycles. The zero-order chi connectivity index (χ0) is 14.7. The topological polar surface area (TPSA) is 90.2 Å². The molecule has 0 saturated heterocycles. The first-order chi connectivity index (χ1) is 9.49. The van der Waals surface area contributed by atoms with Gasteiger partial charge >= 0.3 is 11.7 Å². The van der Waals surface area contributed by atoms with Gasteiger partial charge in [-0.05, 0) is 24.1 Å². The Labute approximate surface area is 116 Å². The van der Waals surface area contributed by atoms with Gasteiger partial charge in [0.1, 0.15) is 0 Å². The molecule has 0 aliphatic heterocycles. The average Bonchev–Trinajstić information content (AvgIpc) is 2.76. The predicted octanol–water partition coefficient (Wildman–Crippen LogP) is 1.04. The molecule has 0 saturated carbocycles. The largest absolute Gasteiger partial charge is 0.481 e. The van der Waals surface area contributed by atoms with Gasteiger partial charge in [0.25, 0.3) is 0 Å². The Morgan fingerprint density at radius 1 is 1.40 bits per heavy atom. The third-order valence-corrected chi connectivity index (χ3v) is 3.19. The molecule has 2 rings (SSSR count). The zero-order valence-electron chi connectivity index (χ0n) is 11.2. The summed E-state index contributed by atoms with van der Waals surface area (Å²) in [7, 11) is 1.68. The lowest BCUT2D eigenvalue weighted by molar-refractivity contribution is -0.137. The number of carbonyl (C=O) groups is 1. The van der Waals surface area contributed by atoms with Crippen molar-refractivity contribution in [3.63, 3.8) is 0 Å². The van der Waals surface area contributed by atoms with Crippen LogP contribution in [0.5, 0.6) is 0 Å². The number of hydrogen-bond donors (Lipinski definition) is 2. The summed E-state index contributed by atoms with van der Waals surface area (Å²) in [4.78, 5) is 22.4. The summed E-state index contributed by atoms with van der Waals surface area (Å²) in [6, 6.07) is 6.92. The van der Waals surface area contributed by atoms with Crippen LogP contribution in [0.2, 0.25) is 0 Å². The molecule has 1 atom stereocenters. The van der Waals surface area contributed by atoms with Gasteiger partial charge in [-0.2, -0.15) is 0 Å². The van der Waals surface area contributed by atoms with Crippen molar-refractivity contribution < 1.29 is 9.90 Å². The van der Waals surface area contributed by atoms with Gasteiger partial charge in [0.15, 0.2) is 0 Å². The fourth-order valence-electron chi connectivity index (χ4n) is 2.01. The molecule has 20 heavy (non-hydrogen) atoms. The molecule has 6 heteroatoms. The number of imidazole rings is 1. The van der Waals surface area contributed by atoms with E-state index in [2.05, 4.69) is 0 Å². The second-order valence-corrected chi connectivity index (χ2v) is 4.70. The smallest absolute Gasteiger partial charge is 0.332 e. The molecule has 2 aromatic rings. The fourth-order valence-corrected chi connectivity index (χ4v) is 2.01. The van der Waals surface area contributed by atoms with Crippen molar-refractivity contribution in [2.24, 2.45) is 12.8 Å². The maximum Gasteiger partial charge on any atom is 0.332 e. The number of nitrogens with two attached hydrogens (primary N) is 1. The number of aromatic nitrogens is 2. The van der Waals surface area contributed by atoms with E-state index in [-0.39, 0.29) is 18.2 Å². The number of carboxylic acids is 1. The van der Waals surface area contributed by atoms with Crippen LogP contribution in [0.1, 0.15) is 24.4 Å². The molecule has 6 nitrogen and oxygen atoms in total. The van der Waals surface area contributed by atoms with Crippen LogP contribution in [0.15, 0.2) is 41.5 Å². The van der Waals surface area contributed by atoms with Crippen molar-refractivity contribution in [2.45, 2.75) is 18.9 Å². The molecule has 0 spiro atoms. The summed E-state index contributed by atoms with van der Waals surface area (Å²) in [5.41, 5.74) is 7.38. The van der Waals surface area contributed by atoms with Crippen LogP contribution in [0.3, 0.4) is 0 Å². The minimum atomic E-state index is -0.865. The molecule has 106 valence electrons. The number of rotatable bonds is 5. The second kappa shape index (κ2) is 5.75. The lowest BCUT2D eigenvalue weighted by Gasteiger charge is -2.12. The fraction of sp³-hybridized carbons (Fsp3) is 0.286. The summed E-state index contributed by atoms with van der Waals surface area (Å²) >= 11 is 0. The lowest BCUT2D eigenvalue weighted by atomic mass is 10.0. The Bertz CT molecular complexity index is 672. The summed E-state index contributed by atoms with van der Waals surface area (Å²) < 4.78 is 3.00. The van der Waals surface area contributed by atoms with Gasteiger partial charge in [-0.3, -0.25) is 9.36 Å². The summed E-state index contributed by atoms with van der Waals surface area (Å²) in [6.45, 7) is 0. The van der Waals surface area contributed by atoms with Crippen LogP contribution >= 0.6 is 0 Å². The average molecular weight is 275 g/mol. The number of carboxylic acid groups (broad SMARTS) is 1. The van der Waals surface area contributed by atoms with E-state index in [1.54, 1.807) is 19.4 Å². The number of aryl methyl sites for hydroxylation is 1. The van der Waals surface area contributed by atoms with Crippen molar-refractivity contribution in [1.82, 2.24) is 9.13 Å². The first-order valence-corrected chi connectivity index (χ1v) is 6.30. The van der Waals surface area contributed by atoms with Crippen LogP contribution < -0.4 is 11.4 Å². The Morgan fingerprint density at radius 2 is 2.15 bits per heavy atom. The van der Waals surface area contributed by atoms with Gasteiger partial charge in [0.2, 0.25) is 0 Å². The monoisotopic (exact) mass is 275 g/mol. The van der Waals surface area contributed by atoms with Crippen LogP contribution in [-0.2, 0) is 11.8 Å². The number of nitrogens with zero attached hydrogens (tertiary/aromatic N) is 2. The van der Waals surface area contributed by atoms with Crippen LogP contribution in [0, 0.1) is 0 Å².